The minimum atomic E-state index is -0.908. The maximum absolute atomic E-state index is 12.8. The van der Waals surface area contributed by atoms with Gasteiger partial charge in [-0.05, 0) is 25.5 Å². The predicted octanol–water partition coefficient (Wildman–Crippen LogP) is 1.29. The van der Waals surface area contributed by atoms with Gasteiger partial charge in [0.2, 0.25) is 0 Å². The fourth-order valence-electron chi connectivity index (χ4n) is 2.72. The van der Waals surface area contributed by atoms with Crippen LogP contribution in [0.25, 0.3) is 0 Å². The number of rotatable bonds is 5. The summed E-state index contributed by atoms with van der Waals surface area (Å²) in [5.41, 5.74) is 1.57. The normalized spacial score (nSPS) is 21.5. The molecule has 1 amide bonds. The van der Waals surface area contributed by atoms with Crippen LogP contribution < -0.4 is 0 Å². The number of ether oxygens (including phenoxy) is 1. The Morgan fingerprint density at radius 3 is 2.67 bits per heavy atom. The third-order valence-electron chi connectivity index (χ3n) is 4.09. The molecule has 0 saturated carbocycles. The Morgan fingerprint density at radius 2 is 2.14 bits per heavy atom. The molecule has 0 aliphatic carbocycles. The van der Waals surface area contributed by atoms with E-state index in [1.165, 1.54) is 0 Å². The van der Waals surface area contributed by atoms with Crippen molar-refractivity contribution in [2.75, 3.05) is 19.8 Å². The SMILES string of the molecule is CCCN(C(=O)c1ccc(C)n1C)C1COCC1C(=O)O. The fraction of sp³-hybridized carbons (Fsp3) is 0.600. The lowest BCUT2D eigenvalue weighted by Gasteiger charge is -2.30. The highest BCUT2D eigenvalue weighted by Gasteiger charge is 2.40. The molecule has 116 valence electrons. The first-order valence-corrected chi connectivity index (χ1v) is 7.21. The van der Waals surface area contributed by atoms with Crippen molar-refractivity contribution >= 4 is 11.9 Å². The average molecular weight is 294 g/mol. The highest BCUT2D eigenvalue weighted by molar-refractivity contribution is 5.93. The van der Waals surface area contributed by atoms with Gasteiger partial charge >= 0.3 is 5.97 Å². The number of amides is 1. The van der Waals surface area contributed by atoms with Crippen LogP contribution in [0.5, 0.6) is 0 Å². The molecule has 1 fully saturated rings. The Balaban J connectivity index is 2.28. The Morgan fingerprint density at radius 1 is 1.43 bits per heavy atom. The van der Waals surface area contributed by atoms with Gasteiger partial charge in [-0.15, -0.1) is 0 Å². The molecule has 21 heavy (non-hydrogen) atoms. The molecule has 2 rings (SSSR count). The number of aryl methyl sites for hydroxylation is 1. The Kier molecular flexibility index (Phi) is 4.67. The van der Waals surface area contributed by atoms with Crippen LogP contribution in [0.15, 0.2) is 12.1 Å². The molecule has 1 aromatic rings. The van der Waals surface area contributed by atoms with Crippen molar-refractivity contribution in [3.8, 4) is 0 Å². The van der Waals surface area contributed by atoms with E-state index in [9.17, 15) is 14.7 Å². The third kappa shape index (κ3) is 2.95. The first kappa shape index (κ1) is 15.6. The van der Waals surface area contributed by atoms with Crippen molar-refractivity contribution in [1.29, 1.82) is 0 Å². The van der Waals surface area contributed by atoms with Crippen molar-refractivity contribution in [2.24, 2.45) is 13.0 Å². The average Bonchev–Trinajstić information content (AvgIpc) is 3.04. The van der Waals surface area contributed by atoms with Crippen molar-refractivity contribution < 1.29 is 19.4 Å². The molecule has 1 aromatic heterocycles. The molecular weight excluding hydrogens is 272 g/mol. The van der Waals surface area contributed by atoms with Gasteiger partial charge in [0, 0.05) is 19.3 Å². The second kappa shape index (κ2) is 6.30. The maximum Gasteiger partial charge on any atom is 0.311 e. The minimum Gasteiger partial charge on any atom is -0.481 e. The summed E-state index contributed by atoms with van der Waals surface area (Å²) >= 11 is 0. The minimum absolute atomic E-state index is 0.130. The van der Waals surface area contributed by atoms with Gasteiger partial charge in [-0.3, -0.25) is 9.59 Å². The monoisotopic (exact) mass is 294 g/mol. The van der Waals surface area contributed by atoms with Crippen LogP contribution >= 0.6 is 0 Å². The summed E-state index contributed by atoms with van der Waals surface area (Å²) in [4.78, 5) is 25.8. The lowest BCUT2D eigenvalue weighted by atomic mass is 10.0. The number of carboxylic acid groups (broad SMARTS) is 1. The molecule has 1 N–H and O–H groups in total. The molecule has 2 atom stereocenters. The molecule has 1 aliphatic rings. The van der Waals surface area contributed by atoms with Gasteiger partial charge in [0.1, 0.15) is 11.6 Å². The van der Waals surface area contributed by atoms with Crippen molar-refractivity contribution in [1.82, 2.24) is 9.47 Å². The number of carboxylic acids is 1. The molecule has 2 unspecified atom stereocenters. The summed E-state index contributed by atoms with van der Waals surface area (Å²) < 4.78 is 7.13. The molecule has 6 heteroatoms. The topological polar surface area (TPSA) is 71.8 Å². The summed E-state index contributed by atoms with van der Waals surface area (Å²) in [5, 5.41) is 9.29. The van der Waals surface area contributed by atoms with E-state index in [1.54, 1.807) is 11.0 Å². The number of carbonyl (C=O) groups excluding carboxylic acids is 1. The second-order valence-electron chi connectivity index (χ2n) is 5.47. The van der Waals surface area contributed by atoms with E-state index in [0.717, 1.165) is 12.1 Å². The largest absolute Gasteiger partial charge is 0.481 e. The first-order chi connectivity index (χ1) is 9.97. The molecular formula is C15H22N2O4. The van der Waals surface area contributed by atoms with Crippen molar-refractivity contribution in [3.05, 3.63) is 23.5 Å². The molecule has 0 bridgehead atoms. The number of hydrogen-bond acceptors (Lipinski definition) is 3. The van der Waals surface area contributed by atoms with Crippen LogP contribution in [0, 0.1) is 12.8 Å². The van der Waals surface area contributed by atoms with E-state index < -0.39 is 17.9 Å². The Labute approximate surface area is 124 Å². The van der Waals surface area contributed by atoms with Gasteiger partial charge in [0.05, 0.1) is 19.3 Å². The van der Waals surface area contributed by atoms with Gasteiger partial charge < -0.3 is 19.3 Å². The number of nitrogens with zero attached hydrogens (tertiary/aromatic N) is 2. The van der Waals surface area contributed by atoms with Gasteiger partial charge in [0.25, 0.3) is 5.91 Å². The summed E-state index contributed by atoms with van der Waals surface area (Å²) in [5.74, 6) is -1.69. The highest BCUT2D eigenvalue weighted by Crippen LogP contribution is 2.23. The van der Waals surface area contributed by atoms with E-state index in [0.29, 0.717) is 12.2 Å². The van der Waals surface area contributed by atoms with Crippen LogP contribution in [0.1, 0.15) is 29.5 Å². The second-order valence-corrected chi connectivity index (χ2v) is 5.47. The van der Waals surface area contributed by atoms with Crippen molar-refractivity contribution in [3.63, 3.8) is 0 Å². The van der Waals surface area contributed by atoms with Crippen LogP contribution in [0.4, 0.5) is 0 Å². The number of hydrogen-bond donors (Lipinski definition) is 1. The lowest BCUT2D eigenvalue weighted by molar-refractivity contribution is -0.142. The van der Waals surface area contributed by atoms with E-state index >= 15 is 0 Å². The molecule has 6 nitrogen and oxygen atoms in total. The number of carbonyl (C=O) groups is 2. The summed E-state index contributed by atoms with van der Waals surface area (Å²) in [6, 6.07) is 3.27. The summed E-state index contributed by atoms with van der Waals surface area (Å²) in [6.07, 6.45) is 0.776. The van der Waals surface area contributed by atoms with E-state index in [4.69, 9.17) is 4.74 Å². The summed E-state index contributed by atoms with van der Waals surface area (Å²) in [6.45, 7) is 4.88. The van der Waals surface area contributed by atoms with E-state index in [-0.39, 0.29) is 19.1 Å². The van der Waals surface area contributed by atoms with Gasteiger partial charge in [-0.25, -0.2) is 0 Å². The Bertz CT molecular complexity index is 538. The molecule has 0 spiro atoms. The van der Waals surface area contributed by atoms with Crippen LogP contribution in [-0.2, 0) is 16.6 Å². The van der Waals surface area contributed by atoms with Gasteiger partial charge in [-0.1, -0.05) is 6.92 Å². The highest BCUT2D eigenvalue weighted by atomic mass is 16.5. The van der Waals surface area contributed by atoms with Crippen LogP contribution in [0.2, 0.25) is 0 Å². The molecule has 0 radical (unpaired) electrons. The van der Waals surface area contributed by atoms with Gasteiger partial charge in [0.15, 0.2) is 0 Å². The van der Waals surface area contributed by atoms with E-state index in [1.807, 2.05) is 31.5 Å². The zero-order valence-corrected chi connectivity index (χ0v) is 12.7. The van der Waals surface area contributed by atoms with Gasteiger partial charge in [-0.2, -0.15) is 0 Å². The predicted molar refractivity (Wildman–Crippen MR) is 77.2 cm³/mol. The summed E-state index contributed by atoms with van der Waals surface area (Å²) in [7, 11) is 1.84. The zero-order valence-electron chi connectivity index (χ0n) is 12.7. The fourth-order valence-corrected chi connectivity index (χ4v) is 2.72. The molecule has 1 aliphatic heterocycles. The third-order valence-corrected chi connectivity index (χ3v) is 4.09. The smallest absolute Gasteiger partial charge is 0.311 e. The van der Waals surface area contributed by atoms with Crippen molar-refractivity contribution in [2.45, 2.75) is 26.3 Å². The van der Waals surface area contributed by atoms with Crippen LogP contribution in [0.3, 0.4) is 0 Å². The standard InChI is InChI=1S/C15H22N2O4/c1-4-7-17(13-9-21-8-11(13)15(19)20)14(18)12-6-5-10(2)16(12)3/h5-6,11,13H,4,7-9H2,1-3H3,(H,19,20). The first-order valence-electron chi connectivity index (χ1n) is 7.21. The van der Waals surface area contributed by atoms with Crippen LogP contribution in [-0.4, -0.2) is 52.3 Å². The molecule has 1 saturated heterocycles. The Hall–Kier alpha value is -1.82. The number of aliphatic carboxylic acids is 1. The molecule has 2 heterocycles. The lowest BCUT2D eigenvalue weighted by Crippen LogP contribution is -2.47. The molecule has 0 aromatic carbocycles. The maximum atomic E-state index is 12.8. The quantitative estimate of drug-likeness (QED) is 0.888. The van der Waals surface area contributed by atoms with E-state index in [2.05, 4.69) is 0 Å². The zero-order chi connectivity index (χ0) is 15.6. The number of aromatic nitrogens is 1.